The third-order valence-corrected chi connectivity index (χ3v) is 3.44. The molecule has 5 nitrogen and oxygen atoms in total. The summed E-state index contributed by atoms with van der Waals surface area (Å²) in [5, 5.41) is 0.573. The number of nitrogens with two attached hydrogens (primary N) is 3. The second-order valence-electron chi connectivity index (χ2n) is 3.79. The zero-order valence-electron chi connectivity index (χ0n) is 10.1. The van der Waals surface area contributed by atoms with Gasteiger partial charge in [-0.15, -0.1) is 0 Å². The number of aromatic nitrogens is 1. The van der Waals surface area contributed by atoms with Crippen molar-refractivity contribution in [2.75, 3.05) is 5.73 Å². The van der Waals surface area contributed by atoms with E-state index in [1.165, 1.54) is 11.3 Å². The Balaban J connectivity index is 2.50. The van der Waals surface area contributed by atoms with Crippen LogP contribution >= 0.6 is 11.3 Å². The topological polar surface area (TPSA) is 103 Å². The zero-order chi connectivity index (χ0) is 13.1. The molecule has 0 aliphatic heterocycles. The summed E-state index contributed by atoms with van der Waals surface area (Å²) in [7, 11) is 0. The Kier molecular flexibility index (Phi) is 3.47. The fourth-order valence-electron chi connectivity index (χ4n) is 1.64. The van der Waals surface area contributed by atoms with E-state index in [0.717, 1.165) is 28.2 Å². The summed E-state index contributed by atoms with van der Waals surface area (Å²) in [6, 6.07) is 7.70. The number of guanidine groups is 1. The zero-order valence-corrected chi connectivity index (χ0v) is 10.9. The van der Waals surface area contributed by atoms with Crippen molar-refractivity contribution in [2.45, 2.75) is 13.3 Å². The number of nitrogens with zero attached hydrogens (tertiary/aromatic N) is 2. The highest BCUT2D eigenvalue weighted by Gasteiger charge is 2.11. The lowest BCUT2D eigenvalue weighted by atomic mass is 10.1. The molecule has 0 aliphatic carbocycles. The van der Waals surface area contributed by atoms with Gasteiger partial charge in [0.05, 0.1) is 10.6 Å². The molecule has 2 rings (SSSR count). The lowest BCUT2D eigenvalue weighted by Crippen LogP contribution is -2.21. The van der Waals surface area contributed by atoms with Gasteiger partial charge in [0.25, 0.3) is 0 Å². The number of hydrogen-bond acceptors (Lipinski definition) is 4. The molecule has 0 amide bonds. The van der Waals surface area contributed by atoms with Gasteiger partial charge >= 0.3 is 0 Å². The fourth-order valence-corrected chi connectivity index (χ4v) is 2.68. The fraction of sp³-hybridized carbons (Fsp3) is 0.167. The summed E-state index contributed by atoms with van der Waals surface area (Å²) in [5.41, 5.74) is 19.3. The number of aryl methyl sites for hydroxylation is 1. The summed E-state index contributed by atoms with van der Waals surface area (Å²) in [5.74, 6) is 0.0190. The quantitative estimate of drug-likeness (QED) is 0.445. The van der Waals surface area contributed by atoms with E-state index < -0.39 is 0 Å². The predicted molar refractivity (Wildman–Crippen MR) is 76.8 cm³/mol. The molecule has 0 spiro atoms. The number of hydrogen-bond donors (Lipinski definition) is 3. The lowest BCUT2D eigenvalue weighted by molar-refractivity contribution is 1.06. The Labute approximate surface area is 109 Å². The number of aliphatic imine (C=N–C) groups is 1. The molecule has 0 saturated carbocycles. The molecule has 1 heterocycles. The minimum atomic E-state index is 0.0190. The van der Waals surface area contributed by atoms with E-state index in [1.807, 2.05) is 31.2 Å². The predicted octanol–water partition coefficient (Wildman–Crippen LogP) is 1.86. The summed E-state index contributed by atoms with van der Waals surface area (Å²) >= 11 is 1.46. The van der Waals surface area contributed by atoms with Gasteiger partial charge in [0.15, 0.2) is 5.96 Å². The number of rotatable bonds is 3. The van der Waals surface area contributed by atoms with Crippen molar-refractivity contribution < 1.29 is 0 Å². The molecule has 94 valence electrons. The Morgan fingerprint density at radius 2 is 2.17 bits per heavy atom. The van der Waals surface area contributed by atoms with Crippen LogP contribution in [0, 0.1) is 0 Å². The first-order chi connectivity index (χ1) is 8.60. The molecule has 1 aromatic heterocycles. The second kappa shape index (κ2) is 5.05. The maximum atomic E-state index is 5.79. The van der Waals surface area contributed by atoms with Gasteiger partial charge in [-0.2, -0.15) is 4.99 Å². The van der Waals surface area contributed by atoms with Crippen LogP contribution in [0.3, 0.4) is 0 Å². The first-order valence-corrected chi connectivity index (χ1v) is 6.37. The van der Waals surface area contributed by atoms with Gasteiger partial charge < -0.3 is 17.2 Å². The van der Waals surface area contributed by atoms with Crippen LogP contribution in [0.5, 0.6) is 0 Å². The summed E-state index contributed by atoms with van der Waals surface area (Å²) in [6.07, 6.45) is 0.820. The van der Waals surface area contributed by atoms with E-state index >= 15 is 0 Å². The van der Waals surface area contributed by atoms with Crippen LogP contribution in [0.1, 0.15) is 12.6 Å². The van der Waals surface area contributed by atoms with E-state index in [4.69, 9.17) is 17.2 Å². The van der Waals surface area contributed by atoms with Crippen LogP contribution in [-0.2, 0) is 6.42 Å². The minimum Gasteiger partial charge on any atom is -0.399 e. The molecular formula is C12H15N5S. The standard InChI is InChI=1S/C12H15N5S/c1-2-9-10(7-4-3-5-8(13)6-7)18-12(16-9)17-11(14)15/h3-6H,2,13H2,1H3,(H4,14,15,16,17). The number of anilines is 1. The van der Waals surface area contributed by atoms with Gasteiger partial charge in [0, 0.05) is 5.69 Å². The van der Waals surface area contributed by atoms with Gasteiger partial charge in [-0.25, -0.2) is 4.98 Å². The number of thiazole rings is 1. The minimum absolute atomic E-state index is 0.0190. The van der Waals surface area contributed by atoms with E-state index in [9.17, 15) is 0 Å². The average molecular weight is 261 g/mol. The van der Waals surface area contributed by atoms with Crippen LogP contribution in [0.4, 0.5) is 10.8 Å². The first-order valence-electron chi connectivity index (χ1n) is 5.55. The highest BCUT2D eigenvalue weighted by molar-refractivity contribution is 7.18. The summed E-state index contributed by atoms with van der Waals surface area (Å²) in [4.78, 5) is 9.45. The molecule has 0 unspecified atom stereocenters. The Hall–Kier alpha value is -2.08. The highest BCUT2D eigenvalue weighted by atomic mass is 32.1. The maximum absolute atomic E-state index is 5.79. The van der Waals surface area contributed by atoms with E-state index in [1.54, 1.807) is 0 Å². The van der Waals surface area contributed by atoms with Gasteiger partial charge in [-0.1, -0.05) is 30.4 Å². The van der Waals surface area contributed by atoms with Crippen LogP contribution < -0.4 is 17.2 Å². The molecule has 0 fully saturated rings. The molecule has 2 aromatic rings. The molecule has 0 atom stereocenters. The van der Waals surface area contributed by atoms with Crippen molar-refractivity contribution in [3.63, 3.8) is 0 Å². The van der Waals surface area contributed by atoms with E-state index in [2.05, 4.69) is 9.98 Å². The SMILES string of the molecule is CCc1nc(N=C(N)N)sc1-c1cccc(N)c1. The van der Waals surface area contributed by atoms with Crippen molar-refractivity contribution in [1.29, 1.82) is 0 Å². The van der Waals surface area contributed by atoms with Crippen molar-refractivity contribution in [3.05, 3.63) is 30.0 Å². The van der Waals surface area contributed by atoms with Gasteiger partial charge in [0.2, 0.25) is 5.13 Å². The monoisotopic (exact) mass is 261 g/mol. The maximum Gasteiger partial charge on any atom is 0.213 e. The van der Waals surface area contributed by atoms with Crippen molar-refractivity contribution >= 4 is 28.1 Å². The molecule has 0 radical (unpaired) electrons. The molecule has 6 N–H and O–H groups in total. The molecular weight excluding hydrogens is 246 g/mol. The van der Waals surface area contributed by atoms with Crippen molar-refractivity contribution in [3.8, 4) is 10.4 Å². The normalized spacial score (nSPS) is 10.3. The van der Waals surface area contributed by atoms with Crippen LogP contribution in [0.15, 0.2) is 29.3 Å². The third kappa shape index (κ3) is 2.60. The van der Waals surface area contributed by atoms with E-state index in [0.29, 0.717) is 5.13 Å². The number of nitrogen functional groups attached to an aromatic ring is 1. The van der Waals surface area contributed by atoms with Crippen LogP contribution in [-0.4, -0.2) is 10.9 Å². The van der Waals surface area contributed by atoms with Crippen molar-refractivity contribution in [2.24, 2.45) is 16.5 Å². The Bertz CT molecular complexity index is 584. The largest absolute Gasteiger partial charge is 0.399 e. The van der Waals surface area contributed by atoms with Crippen LogP contribution in [0.2, 0.25) is 0 Å². The average Bonchev–Trinajstić information content (AvgIpc) is 2.71. The molecule has 0 bridgehead atoms. The Morgan fingerprint density at radius 3 is 2.78 bits per heavy atom. The first kappa shape index (κ1) is 12.4. The highest BCUT2D eigenvalue weighted by Crippen LogP contribution is 2.35. The summed E-state index contributed by atoms with van der Waals surface area (Å²) in [6.45, 7) is 2.05. The van der Waals surface area contributed by atoms with E-state index in [-0.39, 0.29) is 5.96 Å². The van der Waals surface area contributed by atoms with Gasteiger partial charge in [-0.3, -0.25) is 0 Å². The molecule has 1 aromatic carbocycles. The molecule has 18 heavy (non-hydrogen) atoms. The number of benzene rings is 1. The van der Waals surface area contributed by atoms with Gasteiger partial charge in [0.1, 0.15) is 0 Å². The van der Waals surface area contributed by atoms with Gasteiger partial charge in [-0.05, 0) is 24.1 Å². The molecule has 0 saturated heterocycles. The van der Waals surface area contributed by atoms with Crippen LogP contribution in [0.25, 0.3) is 10.4 Å². The lowest BCUT2D eigenvalue weighted by Gasteiger charge is -2.00. The smallest absolute Gasteiger partial charge is 0.213 e. The summed E-state index contributed by atoms with van der Waals surface area (Å²) < 4.78 is 0. The second-order valence-corrected chi connectivity index (χ2v) is 4.77. The third-order valence-electron chi connectivity index (χ3n) is 2.39. The molecule has 0 aliphatic rings. The Morgan fingerprint density at radius 1 is 1.39 bits per heavy atom. The van der Waals surface area contributed by atoms with Crippen molar-refractivity contribution in [1.82, 2.24) is 4.98 Å². The molecule has 6 heteroatoms.